The molecule has 13 heteroatoms. The molecule has 10 nitrogen and oxygen atoms in total. The third kappa shape index (κ3) is 7.18. The largest absolute Gasteiger partial charge is 0.480 e. The van der Waals surface area contributed by atoms with E-state index in [9.17, 15) is 19.2 Å². The number of rotatable bonds is 11. The van der Waals surface area contributed by atoms with Crippen molar-refractivity contribution in [2.75, 3.05) is 26.2 Å². The maximum absolute atomic E-state index is 11.0. The molecule has 0 saturated carbocycles. The third-order valence-corrected chi connectivity index (χ3v) is 3.65. The van der Waals surface area contributed by atoms with Gasteiger partial charge >= 0.3 is 23.9 Å². The molecule has 0 fully saturated rings. The molecule has 0 aliphatic rings. The van der Waals surface area contributed by atoms with Crippen molar-refractivity contribution in [3.8, 4) is 0 Å². The normalized spacial score (nSPS) is 13.1. The van der Waals surface area contributed by atoms with Gasteiger partial charge in [0.15, 0.2) is 5.50 Å². The number of alkyl halides is 3. The van der Waals surface area contributed by atoms with Crippen LogP contribution in [0, 0.1) is 0 Å². The van der Waals surface area contributed by atoms with Gasteiger partial charge in [0.1, 0.15) is 0 Å². The summed E-state index contributed by atoms with van der Waals surface area (Å²) in [5.41, 5.74) is -1.93. The zero-order valence-electron chi connectivity index (χ0n) is 11.4. The molecule has 1 atom stereocenters. The molecule has 0 rings (SSSR count). The quantitative estimate of drug-likeness (QED) is 0.269. The molecule has 0 spiro atoms. The summed E-state index contributed by atoms with van der Waals surface area (Å²) in [6, 6.07) is 0. The van der Waals surface area contributed by atoms with Crippen LogP contribution in [-0.2, 0) is 19.2 Å². The molecule has 23 heavy (non-hydrogen) atoms. The lowest BCUT2D eigenvalue weighted by Gasteiger charge is -2.33. The van der Waals surface area contributed by atoms with E-state index < -0.39 is 53.5 Å². The maximum atomic E-state index is 11.0. The van der Waals surface area contributed by atoms with Crippen molar-refractivity contribution in [3.05, 3.63) is 0 Å². The second-order valence-corrected chi connectivity index (χ2v) is 5.91. The highest BCUT2D eigenvalue weighted by molar-refractivity contribution is 6.57. The van der Waals surface area contributed by atoms with E-state index in [4.69, 9.17) is 55.2 Å². The lowest BCUT2D eigenvalue weighted by atomic mass is 10.3. The van der Waals surface area contributed by atoms with Crippen LogP contribution in [-0.4, -0.2) is 90.2 Å². The van der Waals surface area contributed by atoms with Gasteiger partial charge in [0.25, 0.3) is 4.46 Å². The fourth-order valence-electron chi connectivity index (χ4n) is 1.50. The summed E-state index contributed by atoms with van der Waals surface area (Å²) in [5, 5.41) is 35.2. The minimum atomic E-state index is -2.71. The topological polar surface area (TPSA) is 156 Å². The van der Waals surface area contributed by atoms with Gasteiger partial charge in [0, 0.05) is 13.1 Å². The van der Waals surface area contributed by atoms with Crippen molar-refractivity contribution < 1.29 is 39.6 Å². The van der Waals surface area contributed by atoms with Crippen LogP contribution in [0.25, 0.3) is 0 Å². The molecule has 132 valence electrons. The van der Waals surface area contributed by atoms with Gasteiger partial charge in [-0.05, 0) is 0 Å². The van der Waals surface area contributed by atoms with Crippen molar-refractivity contribution in [2.24, 2.45) is 0 Å². The average Bonchev–Trinajstić information content (AvgIpc) is 2.36. The van der Waals surface area contributed by atoms with Crippen LogP contribution >= 0.6 is 34.8 Å². The van der Waals surface area contributed by atoms with Crippen LogP contribution < -0.4 is 0 Å². The Morgan fingerprint density at radius 1 is 0.913 bits per heavy atom. The number of hydrogen-bond acceptors (Lipinski definition) is 6. The molecule has 0 amide bonds. The molecular weight excluding hydrogens is 382 g/mol. The summed E-state index contributed by atoms with van der Waals surface area (Å²) in [7, 11) is 0. The summed E-state index contributed by atoms with van der Waals surface area (Å²) in [4.78, 5) is 44.7. The zero-order valence-corrected chi connectivity index (χ0v) is 13.6. The van der Waals surface area contributed by atoms with E-state index in [2.05, 4.69) is 0 Å². The Balaban J connectivity index is 5.20. The van der Waals surface area contributed by atoms with Gasteiger partial charge in [-0.3, -0.25) is 14.5 Å². The van der Waals surface area contributed by atoms with Crippen LogP contribution in [0.2, 0.25) is 0 Å². The second kappa shape index (κ2) is 9.08. The minimum Gasteiger partial charge on any atom is -0.480 e. The molecular formula is C10H13Cl3N2O8. The van der Waals surface area contributed by atoms with Crippen molar-refractivity contribution in [1.82, 2.24) is 9.80 Å². The zero-order chi connectivity index (χ0) is 18.4. The van der Waals surface area contributed by atoms with E-state index in [0.29, 0.717) is 4.90 Å². The van der Waals surface area contributed by atoms with E-state index in [1.165, 1.54) is 0 Å². The first-order valence-electron chi connectivity index (χ1n) is 5.80. The van der Waals surface area contributed by atoms with E-state index in [0.717, 1.165) is 4.90 Å². The van der Waals surface area contributed by atoms with Crippen molar-refractivity contribution in [1.29, 1.82) is 0 Å². The Hall–Kier alpha value is -1.33. The Labute approximate surface area is 144 Å². The van der Waals surface area contributed by atoms with Gasteiger partial charge in [0.2, 0.25) is 0 Å². The van der Waals surface area contributed by atoms with Crippen LogP contribution in [0.1, 0.15) is 0 Å². The molecule has 0 aromatic carbocycles. The second-order valence-electron chi connectivity index (χ2n) is 4.21. The van der Waals surface area contributed by atoms with Gasteiger partial charge in [-0.2, -0.15) is 0 Å². The molecule has 1 unspecified atom stereocenters. The molecule has 0 radical (unpaired) electrons. The number of halogens is 3. The third-order valence-electron chi connectivity index (χ3n) is 2.47. The first-order valence-corrected chi connectivity index (χ1v) is 6.99. The number of aliphatic carboxylic acids is 4. The lowest BCUT2D eigenvalue weighted by Crippen LogP contribution is -2.54. The molecule has 0 aromatic heterocycles. The number of carboxylic acid groups (broad SMARTS) is 4. The van der Waals surface area contributed by atoms with Gasteiger partial charge < -0.3 is 20.4 Å². The smallest absolute Gasteiger partial charge is 0.355 e. The van der Waals surface area contributed by atoms with Crippen LogP contribution in [0.3, 0.4) is 0 Å². The SMILES string of the molecule is O=C(O)CN(CCN(C(Cl)C(=O)O)C(Cl)(Cl)C(=O)O)CC(=O)O. The first kappa shape index (κ1) is 21.7. The summed E-state index contributed by atoms with van der Waals surface area (Å²) in [6.45, 7) is -2.22. The molecule has 0 bridgehead atoms. The van der Waals surface area contributed by atoms with Crippen molar-refractivity contribution in [2.45, 2.75) is 9.96 Å². The predicted octanol–water partition coefficient (Wildman–Crippen LogP) is -0.375. The number of carboxylic acids is 4. The lowest BCUT2D eigenvalue weighted by molar-refractivity contribution is -0.148. The Bertz CT molecular complexity index is 471. The molecule has 0 aliphatic carbocycles. The standard InChI is InChI=1S/C10H13Cl3N2O8/c11-7(8(20)21)15(10(12,13)9(22)23)2-1-14(3-5(16)17)4-6(18)19/h7H,1-4H2,(H,16,17)(H,18,19)(H,20,21)(H,22,23). The van der Waals surface area contributed by atoms with E-state index in [1.807, 2.05) is 0 Å². The fraction of sp³-hybridized carbons (Fsp3) is 0.600. The monoisotopic (exact) mass is 394 g/mol. The summed E-state index contributed by atoms with van der Waals surface area (Å²) >= 11 is 16.7. The van der Waals surface area contributed by atoms with E-state index in [1.54, 1.807) is 0 Å². The minimum absolute atomic E-state index is 0.358. The summed E-state index contributed by atoms with van der Waals surface area (Å²) in [5.74, 6) is -6.10. The van der Waals surface area contributed by atoms with Gasteiger partial charge in [-0.1, -0.05) is 34.8 Å². The average molecular weight is 396 g/mol. The fourth-order valence-corrected chi connectivity index (χ4v) is 2.21. The van der Waals surface area contributed by atoms with Crippen LogP contribution in [0.5, 0.6) is 0 Å². The molecule has 0 saturated heterocycles. The number of carbonyl (C=O) groups is 4. The van der Waals surface area contributed by atoms with E-state index >= 15 is 0 Å². The highest BCUT2D eigenvalue weighted by Crippen LogP contribution is 2.30. The Morgan fingerprint density at radius 3 is 1.65 bits per heavy atom. The molecule has 0 aromatic rings. The van der Waals surface area contributed by atoms with Crippen molar-refractivity contribution in [3.63, 3.8) is 0 Å². The van der Waals surface area contributed by atoms with Gasteiger partial charge in [-0.25, -0.2) is 14.5 Å². The highest BCUT2D eigenvalue weighted by atomic mass is 35.5. The summed E-state index contributed by atoms with van der Waals surface area (Å²) in [6.07, 6.45) is 0. The number of nitrogens with zero attached hydrogens (tertiary/aromatic N) is 2. The maximum Gasteiger partial charge on any atom is 0.355 e. The summed E-state index contributed by atoms with van der Waals surface area (Å²) < 4.78 is -2.71. The van der Waals surface area contributed by atoms with E-state index in [-0.39, 0.29) is 6.54 Å². The van der Waals surface area contributed by atoms with Crippen molar-refractivity contribution >= 4 is 58.7 Å². The molecule has 0 aliphatic heterocycles. The number of hydrogen-bond donors (Lipinski definition) is 4. The predicted molar refractivity (Wildman–Crippen MR) is 77.8 cm³/mol. The van der Waals surface area contributed by atoms with Gasteiger partial charge in [0.05, 0.1) is 13.1 Å². The Morgan fingerprint density at radius 2 is 1.35 bits per heavy atom. The Kier molecular flexibility index (Phi) is 8.56. The molecule has 0 heterocycles. The highest BCUT2D eigenvalue weighted by Gasteiger charge is 2.46. The van der Waals surface area contributed by atoms with Gasteiger partial charge in [-0.15, -0.1) is 0 Å². The first-order chi connectivity index (χ1) is 10.4. The van der Waals surface area contributed by atoms with Crippen LogP contribution in [0.4, 0.5) is 0 Å². The van der Waals surface area contributed by atoms with Crippen LogP contribution in [0.15, 0.2) is 0 Å². The molecule has 4 N–H and O–H groups in total.